The second-order valence-electron chi connectivity index (χ2n) is 2.64. The maximum absolute atomic E-state index is 12.2. The summed E-state index contributed by atoms with van der Waals surface area (Å²) in [6.45, 7) is -1.84. The molecule has 0 unspecified atom stereocenters. The highest BCUT2D eigenvalue weighted by Gasteiger charge is 2.37. The van der Waals surface area contributed by atoms with Crippen molar-refractivity contribution < 1.29 is 31.1 Å². The van der Waals surface area contributed by atoms with Crippen LogP contribution in [0.1, 0.15) is 5.56 Å². The minimum atomic E-state index is -4.86. The normalized spacial score (nSPS) is 12.6. The Labute approximate surface area is 85.1 Å². The molecule has 9 heteroatoms. The van der Waals surface area contributed by atoms with Crippen LogP contribution in [0, 0.1) is 0 Å². The molecule has 1 heterocycles. The fraction of sp³-hybridized carbons (Fsp3) is 0.429. The molecular formula is C7H4F6N2O. The highest BCUT2D eigenvalue weighted by Crippen LogP contribution is 2.34. The first-order valence-electron chi connectivity index (χ1n) is 3.77. The summed E-state index contributed by atoms with van der Waals surface area (Å²) in [6.07, 6.45) is -8.57. The molecule has 1 rings (SSSR count). The Balaban J connectivity index is 2.88. The zero-order valence-electron chi connectivity index (χ0n) is 7.43. The third-order valence-corrected chi connectivity index (χ3v) is 1.35. The molecule has 0 N–H and O–H groups in total. The summed E-state index contributed by atoms with van der Waals surface area (Å²) in [4.78, 5) is 6.06. The van der Waals surface area contributed by atoms with Crippen molar-refractivity contribution in [3.05, 3.63) is 18.1 Å². The largest absolute Gasteiger partial charge is 0.467 e. The van der Waals surface area contributed by atoms with Gasteiger partial charge in [0.05, 0.1) is 0 Å². The topological polar surface area (TPSA) is 35.0 Å². The molecule has 0 aliphatic carbocycles. The van der Waals surface area contributed by atoms with Crippen molar-refractivity contribution in [1.82, 2.24) is 9.97 Å². The van der Waals surface area contributed by atoms with E-state index in [4.69, 9.17) is 0 Å². The first-order valence-corrected chi connectivity index (χ1v) is 3.77. The summed E-state index contributed by atoms with van der Waals surface area (Å²) >= 11 is 0. The number of aromatic nitrogens is 2. The second-order valence-corrected chi connectivity index (χ2v) is 2.64. The summed E-state index contributed by atoms with van der Waals surface area (Å²) in [5, 5.41) is 0. The van der Waals surface area contributed by atoms with Crippen molar-refractivity contribution in [3.8, 4) is 5.88 Å². The van der Waals surface area contributed by atoms with Crippen LogP contribution in [-0.2, 0) is 6.18 Å². The molecule has 0 saturated carbocycles. The average Bonchev–Trinajstić information content (AvgIpc) is 2.12. The summed E-state index contributed by atoms with van der Waals surface area (Å²) in [5.41, 5.74) is -1.45. The minimum absolute atomic E-state index is 0.346. The molecule has 0 radical (unpaired) electrons. The van der Waals surface area contributed by atoms with E-state index in [-0.39, 0.29) is 0 Å². The van der Waals surface area contributed by atoms with Crippen molar-refractivity contribution in [1.29, 1.82) is 0 Å². The van der Waals surface area contributed by atoms with Crippen molar-refractivity contribution in [2.75, 3.05) is 6.61 Å². The lowest BCUT2D eigenvalue weighted by Gasteiger charge is -2.12. The van der Waals surface area contributed by atoms with Crippen LogP contribution in [0.15, 0.2) is 12.5 Å². The van der Waals surface area contributed by atoms with E-state index in [0.29, 0.717) is 12.5 Å². The van der Waals surface area contributed by atoms with Gasteiger partial charge in [-0.1, -0.05) is 0 Å². The van der Waals surface area contributed by atoms with Gasteiger partial charge >= 0.3 is 12.4 Å². The molecule has 0 aliphatic heterocycles. The van der Waals surface area contributed by atoms with E-state index < -0.39 is 30.4 Å². The standard InChI is InChI=1S/C7H4F6N2O/c8-6(9,10)2-16-5-4(7(11,12)13)1-14-3-15-5/h1,3H,2H2. The van der Waals surface area contributed by atoms with Gasteiger partial charge in [0, 0.05) is 6.20 Å². The van der Waals surface area contributed by atoms with E-state index in [1.165, 1.54) is 0 Å². The van der Waals surface area contributed by atoms with Crippen LogP contribution in [-0.4, -0.2) is 22.8 Å². The van der Waals surface area contributed by atoms with Crippen LogP contribution in [0.5, 0.6) is 5.88 Å². The van der Waals surface area contributed by atoms with E-state index in [1.807, 2.05) is 0 Å². The average molecular weight is 246 g/mol. The van der Waals surface area contributed by atoms with Gasteiger partial charge in [0.15, 0.2) is 6.61 Å². The number of hydrogen-bond acceptors (Lipinski definition) is 3. The Bertz CT molecular complexity index is 361. The van der Waals surface area contributed by atoms with Crippen LogP contribution in [0.3, 0.4) is 0 Å². The zero-order valence-corrected chi connectivity index (χ0v) is 7.43. The predicted molar refractivity (Wildman–Crippen MR) is 38.6 cm³/mol. The van der Waals surface area contributed by atoms with Crippen molar-refractivity contribution in [3.63, 3.8) is 0 Å². The van der Waals surface area contributed by atoms with E-state index in [0.717, 1.165) is 0 Å². The van der Waals surface area contributed by atoms with Crippen molar-refractivity contribution >= 4 is 0 Å². The van der Waals surface area contributed by atoms with Crippen LogP contribution in [0.25, 0.3) is 0 Å². The van der Waals surface area contributed by atoms with Crippen molar-refractivity contribution in [2.45, 2.75) is 12.4 Å². The first kappa shape index (κ1) is 12.5. The second kappa shape index (κ2) is 4.14. The number of halogens is 6. The zero-order chi connectivity index (χ0) is 12.4. The van der Waals surface area contributed by atoms with Crippen LogP contribution in [0.2, 0.25) is 0 Å². The Hall–Kier alpha value is -1.54. The smallest absolute Gasteiger partial charge is 0.423 e. The maximum Gasteiger partial charge on any atom is 0.423 e. The van der Waals surface area contributed by atoms with Gasteiger partial charge in [-0.2, -0.15) is 26.3 Å². The molecule has 0 spiro atoms. The van der Waals surface area contributed by atoms with Gasteiger partial charge in [0.2, 0.25) is 5.88 Å². The van der Waals surface area contributed by atoms with E-state index >= 15 is 0 Å². The SMILES string of the molecule is FC(F)(F)COc1ncncc1C(F)(F)F. The van der Waals surface area contributed by atoms with E-state index in [9.17, 15) is 26.3 Å². The van der Waals surface area contributed by atoms with Crippen LogP contribution >= 0.6 is 0 Å². The number of nitrogens with zero attached hydrogens (tertiary/aromatic N) is 2. The molecule has 1 aromatic rings. The number of ether oxygens (including phenoxy) is 1. The number of rotatable bonds is 2. The van der Waals surface area contributed by atoms with E-state index in [1.54, 1.807) is 0 Å². The Morgan fingerprint density at radius 2 is 1.75 bits per heavy atom. The monoisotopic (exact) mass is 246 g/mol. The molecule has 0 amide bonds. The molecular weight excluding hydrogens is 242 g/mol. The highest BCUT2D eigenvalue weighted by atomic mass is 19.4. The van der Waals surface area contributed by atoms with Gasteiger partial charge in [-0.15, -0.1) is 0 Å². The van der Waals surface area contributed by atoms with Crippen molar-refractivity contribution in [2.24, 2.45) is 0 Å². The molecule has 1 aromatic heterocycles. The van der Waals surface area contributed by atoms with Gasteiger partial charge in [-0.05, 0) is 0 Å². The van der Waals surface area contributed by atoms with Gasteiger partial charge in [0.1, 0.15) is 11.9 Å². The maximum atomic E-state index is 12.2. The van der Waals surface area contributed by atoms with Gasteiger partial charge in [-0.25, -0.2) is 9.97 Å². The van der Waals surface area contributed by atoms with Crippen LogP contribution in [0.4, 0.5) is 26.3 Å². The first-order chi connectivity index (χ1) is 7.20. The summed E-state index contributed by atoms with van der Waals surface area (Å²) in [5.74, 6) is -1.14. The van der Waals surface area contributed by atoms with Gasteiger partial charge in [-0.3, -0.25) is 0 Å². The molecule has 0 bridgehead atoms. The molecule has 3 nitrogen and oxygen atoms in total. The number of alkyl halides is 6. The predicted octanol–water partition coefficient (Wildman–Crippen LogP) is 2.44. The van der Waals surface area contributed by atoms with Gasteiger partial charge in [0.25, 0.3) is 0 Å². The molecule has 0 aliphatic rings. The molecule has 0 saturated heterocycles. The summed E-state index contributed by atoms with van der Waals surface area (Å²) in [6, 6.07) is 0. The van der Waals surface area contributed by atoms with Gasteiger partial charge < -0.3 is 4.74 Å². The number of hydrogen-bond donors (Lipinski definition) is 0. The molecule has 0 aromatic carbocycles. The Morgan fingerprint density at radius 1 is 1.12 bits per heavy atom. The Kier molecular flexibility index (Phi) is 3.24. The fourth-order valence-electron chi connectivity index (χ4n) is 0.778. The van der Waals surface area contributed by atoms with E-state index in [2.05, 4.69) is 14.7 Å². The summed E-state index contributed by atoms with van der Waals surface area (Å²) in [7, 11) is 0. The molecule has 0 fully saturated rings. The lowest BCUT2D eigenvalue weighted by Crippen LogP contribution is -2.21. The van der Waals surface area contributed by atoms with Crippen LogP contribution < -0.4 is 4.74 Å². The molecule has 90 valence electrons. The lowest BCUT2D eigenvalue weighted by atomic mass is 10.3. The molecule has 16 heavy (non-hydrogen) atoms. The third kappa shape index (κ3) is 3.55. The fourth-order valence-corrected chi connectivity index (χ4v) is 0.778. The third-order valence-electron chi connectivity index (χ3n) is 1.35. The Morgan fingerprint density at radius 3 is 2.25 bits per heavy atom. The minimum Gasteiger partial charge on any atom is -0.467 e. The lowest BCUT2D eigenvalue weighted by molar-refractivity contribution is -0.159. The molecule has 0 atom stereocenters. The summed E-state index contributed by atoms with van der Waals surface area (Å²) < 4.78 is 75.8. The highest BCUT2D eigenvalue weighted by molar-refractivity contribution is 5.25. The quantitative estimate of drug-likeness (QED) is 0.752.